The van der Waals surface area contributed by atoms with Crippen LogP contribution < -0.4 is 9.47 Å². The third-order valence-electron chi connectivity index (χ3n) is 3.87. The summed E-state index contributed by atoms with van der Waals surface area (Å²) < 4.78 is 30.1. The molecule has 0 radical (unpaired) electrons. The Kier molecular flexibility index (Phi) is 8.53. The molecular formula is C20H30FNO6. The molecule has 0 bridgehead atoms. The van der Waals surface area contributed by atoms with E-state index in [4.69, 9.17) is 19.3 Å². The number of carboxylic acid groups (broad SMARTS) is 1. The zero-order valence-electron chi connectivity index (χ0n) is 17.4. The third kappa shape index (κ3) is 6.58. The van der Waals surface area contributed by atoms with Crippen molar-refractivity contribution in [1.29, 1.82) is 0 Å². The molecule has 0 aromatic heterocycles. The van der Waals surface area contributed by atoms with E-state index in [1.54, 1.807) is 25.7 Å². The molecule has 0 spiro atoms. The molecule has 1 saturated heterocycles. The first-order chi connectivity index (χ1) is 13.1. The summed E-state index contributed by atoms with van der Waals surface area (Å²) >= 11 is 0. The van der Waals surface area contributed by atoms with Gasteiger partial charge in [-0.15, -0.1) is 0 Å². The number of carbonyl (C=O) groups excluding carboxylic acids is 1. The van der Waals surface area contributed by atoms with Crippen LogP contribution in [0.5, 0.6) is 11.5 Å². The Morgan fingerprint density at radius 1 is 1.14 bits per heavy atom. The fourth-order valence-electron chi connectivity index (χ4n) is 2.62. The maximum atomic E-state index is 14.1. The Morgan fingerprint density at radius 3 is 2.18 bits per heavy atom. The number of methoxy groups -OCH3 is 1. The van der Waals surface area contributed by atoms with Gasteiger partial charge in [-0.1, -0.05) is 13.8 Å². The van der Waals surface area contributed by atoms with Crippen LogP contribution >= 0.6 is 0 Å². The number of piperidine rings is 1. The summed E-state index contributed by atoms with van der Waals surface area (Å²) in [5.74, 6) is -2.08. The van der Waals surface area contributed by atoms with Gasteiger partial charge in [-0.05, 0) is 26.8 Å². The van der Waals surface area contributed by atoms with Crippen LogP contribution in [0.4, 0.5) is 9.18 Å². The first kappa shape index (κ1) is 23.5. The lowest BCUT2D eigenvalue weighted by Gasteiger charge is -2.33. The second-order valence-electron chi connectivity index (χ2n) is 7.07. The van der Waals surface area contributed by atoms with Gasteiger partial charge in [0, 0.05) is 32.0 Å². The van der Waals surface area contributed by atoms with Crippen molar-refractivity contribution in [2.75, 3.05) is 20.2 Å². The van der Waals surface area contributed by atoms with E-state index in [0.717, 1.165) is 6.07 Å². The molecule has 8 heteroatoms. The van der Waals surface area contributed by atoms with Crippen molar-refractivity contribution in [2.24, 2.45) is 0 Å². The largest absolute Gasteiger partial charge is 0.496 e. The molecule has 1 fully saturated rings. The lowest BCUT2D eigenvalue weighted by Crippen LogP contribution is -2.44. The maximum absolute atomic E-state index is 14.1. The Balaban J connectivity index is 0.00000190. The molecular weight excluding hydrogens is 369 g/mol. The van der Waals surface area contributed by atoms with Crippen LogP contribution in [-0.4, -0.2) is 54.0 Å². The van der Waals surface area contributed by atoms with Gasteiger partial charge >= 0.3 is 12.1 Å². The van der Waals surface area contributed by atoms with Crippen molar-refractivity contribution < 1.29 is 33.3 Å². The standard InChI is InChI=1S/C18H24FNO6.C2H6/c1-18(2,3)26-17(23)20-7-5-11(6-8-20)25-15-10-14(24-4)12(16(21)22)9-13(15)19;1-2/h9-11H,5-8H2,1-4H3,(H,21,22);1-2H3. The molecule has 1 aromatic carbocycles. The van der Waals surface area contributed by atoms with Gasteiger partial charge in [0.1, 0.15) is 23.0 Å². The van der Waals surface area contributed by atoms with Gasteiger partial charge in [-0.2, -0.15) is 0 Å². The lowest BCUT2D eigenvalue weighted by atomic mass is 10.1. The first-order valence-corrected chi connectivity index (χ1v) is 9.36. The van der Waals surface area contributed by atoms with Gasteiger partial charge < -0.3 is 24.2 Å². The number of benzene rings is 1. The zero-order chi connectivity index (χ0) is 21.5. The van der Waals surface area contributed by atoms with Crippen molar-refractivity contribution in [3.05, 3.63) is 23.5 Å². The summed E-state index contributed by atoms with van der Waals surface area (Å²) in [5, 5.41) is 9.06. The molecule has 1 aliphatic heterocycles. The van der Waals surface area contributed by atoms with Crippen molar-refractivity contribution in [2.45, 2.75) is 59.2 Å². The predicted octanol–water partition coefficient (Wildman–Crippen LogP) is 4.34. The van der Waals surface area contributed by atoms with E-state index in [1.165, 1.54) is 13.2 Å². The molecule has 1 N–H and O–H groups in total. The van der Waals surface area contributed by atoms with Crippen LogP contribution in [0.3, 0.4) is 0 Å². The number of nitrogens with zero attached hydrogens (tertiary/aromatic N) is 1. The maximum Gasteiger partial charge on any atom is 0.410 e. The third-order valence-corrected chi connectivity index (χ3v) is 3.87. The molecule has 1 heterocycles. The predicted molar refractivity (Wildman–Crippen MR) is 103 cm³/mol. The summed E-state index contributed by atoms with van der Waals surface area (Å²) in [7, 11) is 1.31. The molecule has 158 valence electrons. The second kappa shape index (κ2) is 10.1. The highest BCUT2D eigenvalue weighted by Gasteiger charge is 2.28. The number of hydrogen-bond acceptors (Lipinski definition) is 5. The number of amides is 1. The van der Waals surface area contributed by atoms with Crippen LogP contribution in [0, 0.1) is 5.82 Å². The van der Waals surface area contributed by atoms with Gasteiger partial charge in [-0.3, -0.25) is 0 Å². The minimum absolute atomic E-state index is 0.0279. The molecule has 0 aliphatic carbocycles. The topological polar surface area (TPSA) is 85.3 Å². The second-order valence-corrected chi connectivity index (χ2v) is 7.07. The van der Waals surface area contributed by atoms with E-state index in [0.29, 0.717) is 25.9 Å². The summed E-state index contributed by atoms with van der Waals surface area (Å²) in [6, 6.07) is 2.12. The Labute approximate surface area is 165 Å². The Bertz CT molecular complexity index is 678. The van der Waals surface area contributed by atoms with Crippen molar-refractivity contribution in [3.63, 3.8) is 0 Å². The molecule has 7 nitrogen and oxygen atoms in total. The van der Waals surface area contributed by atoms with E-state index in [2.05, 4.69) is 0 Å². The summed E-state index contributed by atoms with van der Waals surface area (Å²) in [6.07, 6.45) is 0.363. The van der Waals surface area contributed by atoms with Gasteiger partial charge in [0.05, 0.1) is 7.11 Å². The average molecular weight is 399 g/mol. The zero-order valence-corrected chi connectivity index (χ0v) is 17.4. The lowest BCUT2D eigenvalue weighted by molar-refractivity contribution is 0.0123. The monoisotopic (exact) mass is 399 g/mol. The first-order valence-electron chi connectivity index (χ1n) is 9.36. The number of ether oxygens (including phenoxy) is 3. The summed E-state index contributed by atoms with van der Waals surface area (Å²) in [4.78, 5) is 24.7. The number of halogens is 1. The normalized spacial score (nSPS) is 14.6. The molecule has 28 heavy (non-hydrogen) atoms. The SMILES string of the molecule is CC.COc1cc(OC2CCN(C(=O)OC(C)(C)C)CC2)c(F)cc1C(=O)O. The van der Waals surface area contributed by atoms with Gasteiger partial charge in [0.25, 0.3) is 0 Å². The van der Waals surface area contributed by atoms with Gasteiger partial charge in [0.2, 0.25) is 0 Å². The van der Waals surface area contributed by atoms with Crippen LogP contribution in [0.1, 0.15) is 57.8 Å². The molecule has 2 rings (SSSR count). The van der Waals surface area contributed by atoms with Crippen LogP contribution in [0.15, 0.2) is 12.1 Å². The highest BCUT2D eigenvalue weighted by Crippen LogP contribution is 2.30. The van der Waals surface area contributed by atoms with E-state index in [1.807, 2.05) is 13.8 Å². The minimum atomic E-state index is -1.28. The highest BCUT2D eigenvalue weighted by molar-refractivity contribution is 5.91. The smallest absolute Gasteiger partial charge is 0.410 e. The number of aromatic carboxylic acids is 1. The van der Waals surface area contributed by atoms with E-state index in [9.17, 15) is 14.0 Å². The van der Waals surface area contributed by atoms with E-state index >= 15 is 0 Å². The van der Waals surface area contributed by atoms with Crippen molar-refractivity contribution in [1.82, 2.24) is 4.90 Å². The molecule has 0 atom stereocenters. The Morgan fingerprint density at radius 2 is 1.71 bits per heavy atom. The quantitative estimate of drug-likeness (QED) is 0.811. The highest BCUT2D eigenvalue weighted by atomic mass is 19.1. The number of carbonyl (C=O) groups is 2. The summed E-state index contributed by atoms with van der Waals surface area (Å²) in [5.41, 5.74) is -0.826. The fraction of sp³-hybridized carbons (Fsp3) is 0.600. The number of likely N-dealkylation sites (tertiary alicyclic amines) is 1. The van der Waals surface area contributed by atoms with Gasteiger partial charge in [0.15, 0.2) is 11.6 Å². The number of hydrogen-bond donors (Lipinski definition) is 1. The van der Waals surface area contributed by atoms with Crippen LogP contribution in [0.2, 0.25) is 0 Å². The molecule has 1 aliphatic rings. The number of rotatable bonds is 4. The van der Waals surface area contributed by atoms with Gasteiger partial charge in [-0.25, -0.2) is 14.0 Å². The summed E-state index contributed by atoms with van der Waals surface area (Å²) in [6.45, 7) is 10.3. The molecule has 0 unspecified atom stereocenters. The molecule has 1 amide bonds. The van der Waals surface area contributed by atoms with Crippen molar-refractivity contribution in [3.8, 4) is 11.5 Å². The average Bonchev–Trinajstić information content (AvgIpc) is 2.63. The minimum Gasteiger partial charge on any atom is -0.496 e. The van der Waals surface area contributed by atoms with Crippen molar-refractivity contribution >= 4 is 12.1 Å². The van der Waals surface area contributed by atoms with Crippen LogP contribution in [0.25, 0.3) is 0 Å². The molecule has 0 saturated carbocycles. The fourth-order valence-corrected chi connectivity index (χ4v) is 2.62. The van der Waals surface area contributed by atoms with Crippen LogP contribution in [-0.2, 0) is 4.74 Å². The number of carboxylic acids is 1. The van der Waals surface area contributed by atoms with E-state index < -0.39 is 17.4 Å². The molecule has 1 aromatic rings. The Hall–Kier alpha value is -2.51. The van der Waals surface area contributed by atoms with E-state index in [-0.39, 0.29) is 29.3 Å².